The van der Waals surface area contributed by atoms with Crippen molar-refractivity contribution in [2.45, 2.75) is 6.54 Å². The molecule has 6 heteroatoms. The lowest BCUT2D eigenvalue weighted by Gasteiger charge is -2.17. The summed E-state index contributed by atoms with van der Waals surface area (Å²) in [5, 5.41) is 12.0. The SMILES string of the molecule is CN(C)c1ccncc1NCc1cc(C(=O)O)co1. The molecule has 0 aliphatic rings. The van der Waals surface area contributed by atoms with E-state index in [1.54, 1.807) is 12.4 Å². The van der Waals surface area contributed by atoms with Crippen LogP contribution in [0.25, 0.3) is 0 Å². The van der Waals surface area contributed by atoms with Crippen LogP contribution in [0.3, 0.4) is 0 Å². The quantitative estimate of drug-likeness (QED) is 0.857. The van der Waals surface area contributed by atoms with E-state index >= 15 is 0 Å². The molecule has 0 radical (unpaired) electrons. The second-order valence-corrected chi connectivity index (χ2v) is 4.25. The van der Waals surface area contributed by atoms with Gasteiger partial charge in [-0.15, -0.1) is 0 Å². The second-order valence-electron chi connectivity index (χ2n) is 4.25. The fourth-order valence-corrected chi connectivity index (χ4v) is 1.68. The van der Waals surface area contributed by atoms with Crippen LogP contribution in [0.1, 0.15) is 16.1 Å². The topological polar surface area (TPSA) is 78.6 Å². The number of hydrogen-bond acceptors (Lipinski definition) is 5. The van der Waals surface area contributed by atoms with Crippen LogP contribution in [-0.4, -0.2) is 30.2 Å². The Kier molecular flexibility index (Phi) is 3.70. The highest BCUT2D eigenvalue weighted by Crippen LogP contribution is 2.23. The van der Waals surface area contributed by atoms with Gasteiger partial charge in [0.15, 0.2) is 0 Å². The molecule has 0 saturated carbocycles. The van der Waals surface area contributed by atoms with Crippen LogP contribution in [0.15, 0.2) is 35.2 Å². The molecular weight excluding hydrogens is 246 g/mol. The highest BCUT2D eigenvalue weighted by atomic mass is 16.4. The number of carboxylic acids is 1. The van der Waals surface area contributed by atoms with Crippen molar-refractivity contribution < 1.29 is 14.3 Å². The van der Waals surface area contributed by atoms with Gasteiger partial charge in [-0.1, -0.05) is 0 Å². The zero-order chi connectivity index (χ0) is 13.8. The highest BCUT2D eigenvalue weighted by Gasteiger charge is 2.09. The molecule has 0 bridgehead atoms. The largest absolute Gasteiger partial charge is 0.478 e. The lowest BCUT2D eigenvalue weighted by Crippen LogP contribution is -2.12. The monoisotopic (exact) mass is 261 g/mol. The number of rotatable bonds is 5. The molecule has 0 saturated heterocycles. The van der Waals surface area contributed by atoms with Crippen LogP contribution in [0, 0.1) is 0 Å². The lowest BCUT2D eigenvalue weighted by atomic mass is 10.3. The van der Waals surface area contributed by atoms with Crippen molar-refractivity contribution >= 4 is 17.3 Å². The van der Waals surface area contributed by atoms with Gasteiger partial charge in [0.25, 0.3) is 0 Å². The number of nitrogens with zero attached hydrogens (tertiary/aromatic N) is 2. The predicted molar refractivity (Wildman–Crippen MR) is 71.6 cm³/mol. The molecule has 19 heavy (non-hydrogen) atoms. The van der Waals surface area contributed by atoms with Crippen molar-refractivity contribution in [1.82, 2.24) is 4.98 Å². The maximum atomic E-state index is 10.7. The summed E-state index contributed by atoms with van der Waals surface area (Å²) in [6, 6.07) is 3.40. The number of carboxylic acid groups (broad SMARTS) is 1. The van der Waals surface area contributed by atoms with Crippen LogP contribution < -0.4 is 10.2 Å². The van der Waals surface area contributed by atoms with Gasteiger partial charge >= 0.3 is 5.97 Å². The van der Waals surface area contributed by atoms with Crippen molar-refractivity contribution in [3.8, 4) is 0 Å². The third kappa shape index (κ3) is 3.04. The fourth-order valence-electron chi connectivity index (χ4n) is 1.68. The molecule has 0 amide bonds. The molecule has 2 heterocycles. The number of nitrogens with one attached hydrogen (secondary N) is 1. The summed E-state index contributed by atoms with van der Waals surface area (Å²) < 4.78 is 5.17. The third-order valence-electron chi connectivity index (χ3n) is 2.63. The fraction of sp³-hybridized carbons (Fsp3) is 0.231. The number of aromatic nitrogens is 1. The van der Waals surface area contributed by atoms with Crippen LogP contribution >= 0.6 is 0 Å². The minimum Gasteiger partial charge on any atom is -0.478 e. The first-order valence-corrected chi connectivity index (χ1v) is 5.74. The molecule has 2 aromatic rings. The van der Waals surface area contributed by atoms with Crippen LogP contribution in [-0.2, 0) is 6.54 Å². The Balaban J connectivity index is 2.08. The van der Waals surface area contributed by atoms with Gasteiger partial charge in [0.1, 0.15) is 12.0 Å². The van der Waals surface area contributed by atoms with E-state index in [9.17, 15) is 4.79 Å². The standard InChI is InChI=1S/C13H15N3O3/c1-16(2)12-3-4-14-7-11(12)15-6-10-5-9(8-19-10)13(17)18/h3-5,7-8,15H,6H2,1-2H3,(H,17,18). The van der Waals surface area contributed by atoms with E-state index in [0.717, 1.165) is 11.4 Å². The van der Waals surface area contributed by atoms with Gasteiger partial charge in [-0.05, 0) is 12.1 Å². The summed E-state index contributed by atoms with van der Waals surface area (Å²) in [7, 11) is 3.88. The van der Waals surface area contributed by atoms with Gasteiger partial charge in [-0.25, -0.2) is 4.79 Å². The lowest BCUT2D eigenvalue weighted by molar-refractivity contribution is 0.0696. The average molecular weight is 261 g/mol. The Morgan fingerprint density at radius 3 is 2.95 bits per heavy atom. The average Bonchev–Trinajstić information content (AvgIpc) is 2.85. The van der Waals surface area contributed by atoms with Gasteiger partial charge in [0.05, 0.1) is 29.7 Å². The number of pyridine rings is 1. The molecule has 0 aliphatic carbocycles. The Morgan fingerprint density at radius 1 is 1.53 bits per heavy atom. The van der Waals surface area contributed by atoms with Crippen LogP contribution in [0.4, 0.5) is 11.4 Å². The van der Waals surface area contributed by atoms with Gasteiger partial charge in [0, 0.05) is 20.3 Å². The van der Waals surface area contributed by atoms with Crippen LogP contribution in [0.2, 0.25) is 0 Å². The Morgan fingerprint density at radius 2 is 2.32 bits per heavy atom. The van der Waals surface area contributed by atoms with E-state index in [4.69, 9.17) is 9.52 Å². The first-order chi connectivity index (χ1) is 9.08. The summed E-state index contributed by atoms with van der Waals surface area (Å²) >= 11 is 0. The molecule has 0 atom stereocenters. The molecule has 2 aromatic heterocycles. The summed E-state index contributed by atoms with van der Waals surface area (Å²) in [5.74, 6) is -0.434. The summed E-state index contributed by atoms with van der Waals surface area (Å²) in [5.41, 5.74) is 2.01. The minimum absolute atomic E-state index is 0.149. The van der Waals surface area contributed by atoms with Gasteiger partial charge < -0.3 is 19.7 Å². The van der Waals surface area contributed by atoms with E-state index in [1.807, 2.05) is 25.1 Å². The Labute approximate surface area is 110 Å². The predicted octanol–water partition coefficient (Wildman–Crippen LogP) is 2.05. The highest BCUT2D eigenvalue weighted by molar-refractivity contribution is 5.87. The molecule has 0 aliphatic heterocycles. The van der Waals surface area contributed by atoms with Gasteiger partial charge in [-0.3, -0.25) is 4.98 Å². The molecule has 6 nitrogen and oxygen atoms in total. The summed E-state index contributed by atoms with van der Waals surface area (Å²) in [6.07, 6.45) is 4.67. The molecule has 0 aromatic carbocycles. The maximum Gasteiger partial charge on any atom is 0.338 e. The van der Waals surface area contributed by atoms with Crippen molar-refractivity contribution in [1.29, 1.82) is 0 Å². The van der Waals surface area contributed by atoms with E-state index in [-0.39, 0.29) is 5.56 Å². The molecule has 2 N–H and O–H groups in total. The molecular formula is C13H15N3O3. The number of carbonyl (C=O) groups is 1. The van der Waals surface area contributed by atoms with Crippen molar-refractivity contribution in [3.63, 3.8) is 0 Å². The molecule has 2 rings (SSSR count). The zero-order valence-corrected chi connectivity index (χ0v) is 10.8. The summed E-state index contributed by atoms with van der Waals surface area (Å²) in [4.78, 5) is 16.8. The third-order valence-corrected chi connectivity index (χ3v) is 2.63. The number of hydrogen-bond donors (Lipinski definition) is 2. The number of anilines is 2. The van der Waals surface area contributed by atoms with Crippen molar-refractivity contribution in [3.05, 3.63) is 42.1 Å². The Hall–Kier alpha value is -2.50. The van der Waals surface area contributed by atoms with E-state index in [0.29, 0.717) is 12.3 Å². The summed E-state index contributed by atoms with van der Waals surface area (Å²) in [6.45, 7) is 0.403. The van der Waals surface area contributed by atoms with Crippen molar-refractivity contribution in [2.75, 3.05) is 24.3 Å². The van der Waals surface area contributed by atoms with Gasteiger partial charge in [0.2, 0.25) is 0 Å². The number of furan rings is 1. The molecule has 0 fully saturated rings. The second kappa shape index (κ2) is 5.43. The molecule has 0 spiro atoms. The van der Waals surface area contributed by atoms with Gasteiger partial charge in [-0.2, -0.15) is 0 Å². The molecule has 0 unspecified atom stereocenters. The Bertz CT molecular complexity index is 578. The normalized spacial score (nSPS) is 10.2. The molecule has 100 valence electrons. The number of aromatic carboxylic acids is 1. The maximum absolute atomic E-state index is 10.7. The zero-order valence-electron chi connectivity index (χ0n) is 10.8. The first-order valence-electron chi connectivity index (χ1n) is 5.74. The first kappa shape index (κ1) is 12.9. The van der Waals surface area contributed by atoms with E-state index in [2.05, 4.69) is 10.3 Å². The van der Waals surface area contributed by atoms with Crippen LogP contribution in [0.5, 0.6) is 0 Å². The van der Waals surface area contributed by atoms with Crippen molar-refractivity contribution in [2.24, 2.45) is 0 Å². The smallest absolute Gasteiger partial charge is 0.338 e. The van der Waals surface area contributed by atoms with E-state index < -0.39 is 5.97 Å². The minimum atomic E-state index is -0.995. The van der Waals surface area contributed by atoms with E-state index in [1.165, 1.54) is 12.3 Å².